The van der Waals surface area contributed by atoms with Crippen molar-refractivity contribution in [3.05, 3.63) is 65.7 Å². The van der Waals surface area contributed by atoms with Crippen molar-refractivity contribution in [2.45, 2.75) is 12.5 Å². The predicted molar refractivity (Wildman–Crippen MR) is 118 cm³/mol. The van der Waals surface area contributed by atoms with E-state index >= 15 is 0 Å². The smallest absolute Gasteiger partial charge is 0.187 e. The van der Waals surface area contributed by atoms with Gasteiger partial charge in [-0.05, 0) is 41.2 Å². The number of phenolic OH excluding ortho intramolecular Hbond substituents is 1. The maximum Gasteiger partial charge on any atom is 0.187 e. The summed E-state index contributed by atoms with van der Waals surface area (Å²) in [6, 6.07) is 16.8. The Balaban J connectivity index is 1.82. The van der Waals surface area contributed by atoms with Crippen LogP contribution in [-0.2, 0) is 0 Å². The monoisotopic (exact) mass is 407 g/mol. The third-order valence-corrected chi connectivity index (χ3v) is 5.32. The Morgan fingerprint density at radius 3 is 2.66 bits per heavy atom. The van der Waals surface area contributed by atoms with E-state index in [4.69, 9.17) is 27.4 Å². The van der Waals surface area contributed by atoms with Crippen LogP contribution in [-0.4, -0.2) is 35.2 Å². The third kappa shape index (κ3) is 3.34. The molecule has 0 amide bonds. The first-order valence-corrected chi connectivity index (χ1v) is 9.53. The standard InChI is InChI=1S/C22H21N3O3S/c1-27-14-8-9-16(20(11-14)28-2)18-12-17(24-25(18)22(23)29)21-15-6-4-3-5-13(15)7-10-19(21)26/h3-11,18,26H,12H2,1-2H3,(H2,23,29). The minimum atomic E-state index is -0.248. The largest absolute Gasteiger partial charge is 0.507 e. The lowest BCUT2D eigenvalue weighted by Crippen LogP contribution is -2.31. The van der Waals surface area contributed by atoms with Crippen LogP contribution < -0.4 is 15.2 Å². The Labute approximate surface area is 174 Å². The highest BCUT2D eigenvalue weighted by Crippen LogP contribution is 2.41. The van der Waals surface area contributed by atoms with Crippen LogP contribution in [0.3, 0.4) is 0 Å². The summed E-state index contributed by atoms with van der Waals surface area (Å²) in [5.41, 5.74) is 8.29. The minimum absolute atomic E-state index is 0.155. The molecule has 1 aliphatic heterocycles. The van der Waals surface area contributed by atoms with Gasteiger partial charge in [-0.2, -0.15) is 5.10 Å². The lowest BCUT2D eigenvalue weighted by Gasteiger charge is -2.23. The zero-order valence-corrected chi connectivity index (χ0v) is 16.9. The number of nitrogens with zero attached hydrogens (tertiary/aromatic N) is 2. The van der Waals surface area contributed by atoms with Crippen LogP contribution in [0, 0.1) is 0 Å². The summed E-state index contributed by atoms with van der Waals surface area (Å²) in [7, 11) is 3.21. The van der Waals surface area contributed by atoms with Crippen LogP contribution in [0.5, 0.6) is 17.2 Å². The van der Waals surface area contributed by atoms with Crippen LogP contribution >= 0.6 is 12.2 Å². The highest BCUT2D eigenvalue weighted by molar-refractivity contribution is 7.80. The van der Waals surface area contributed by atoms with Gasteiger partial charge < -0.3 is 20.3 Å². The van der Waals surface area contributed by atoms with Crippen molar-refractivity contribution >= 4 is 33.8 Å². The molecular weight excluding hydrogens is 386 g/mol. The molecule has 1 aliphatic rings. The molecule has 3 N–H and O–H groups in total. The van der Waals surface area contributed by atoms with Gasteiger partial charge in [-0.3, -0.25) is 0 Å². The third-order valence-electron chi connectivity index (χ3n) is 5.13. The van der Waals surface area contributed by atoms with Crippen LogP contribution in [0.2, 0.25) is 0 Å². The van der Waals surface area contributed by atoms with E-state index in [9.17, 15) is 5.11 Å². The second-order valence-electron chi connectivity index (χ2n) is 6.74. The summed E-state index contributed by atoms with van der Waals surface area (Å²) in [5, 5.41) is 19.0. The number of ether oxygens (including phenoxy) is 2. The summed E-state index contributed by atoms with van der Waals surface area (Å²) >= 11 is 5.26. The summed E-state index contributed by atoms with van der Waals surface area (Å²) in [5.74, 6) is 1.53. The van der Waals surface area contributed by atoms with E-state index < -0.39 is 0 Å². The fraction of sp³-hybridized carbons (Fsp3) is 0.182. The molecular formula is C22H21N3O3S. The zero-order chi connectivity index (χ0) is 20.5. The highest BCUT2D eigenvalue weighted by Gasteiger charge is 2.34. The van der Waals surface area contributed by atoms with E-state index in [0.717, 1.165) is 22.0 Å². The van der Waals surface area contributed by atoms with E-state index in [1.165, 1.54) is 0 Å². The Morgan fingerprint density at radius 1 is 1.14 bits per heavy atom. The van der Waals surface area contributed by atoms with Crippen LogP contribution in [0.25, 0.3) is 10.8 Å². The SMILES string of the molecule is COc1ccc(C2CC(c3c(O)ccc4ccccc34)=NN2C(N)=S)c(OC)c1. The van der Waals surface area contributed by atoms with Gasteiger partial charge in [0.05, 0.1) is 26.0 Å². The molecule has 1 unspecified atom stereocenters. The lowest BCUT2D eigenvalue weighted by atomic mass is 9.94. The molecule has 0 aromatic heterocycles. The molecule has 3 aromatic carbocycles. The highest BCUT2D eigenvalue weighted by atomic mass is 32.1. The molecule has 0 fully saturated rings. The molecule has 1 heterocycles. The Morgan fingerprint density at radius 2 is 1.93 bits per heavy atom. The van der Waals surface area contributed by atoms with Gasteiger partial charge in [0.1, 0.15) is 17.2 Å². The van der Waals surface area contributed by atoms with Gasteiger partial charge in [0, 0.05) is 23.6 Å². The van der Waals surface area contributed by atoms with Gasteiger partial charge in [0.15, 0.2) is 5.11 Å². The van der Waals surface area contributed by atoms with Crippen LogP contribution in [0.4, 0.5) is 0 Å². The number of benzene rings is 3. The molecule has 7 heteroatoms. The number of nitrogens with two attached hydrogens (primary N) is 1. The van der Waals surface area contributed by atoms with Crippen LogP contribution in [0.15, 0.2) is 59.7 Å². The van der Waals surface area contributed by atoms with E-state index in [-0.39, 0.29) is 16.9 Å². The van der Waals surface area contributed by atoms with Crippen molar-refractivity contribution in [2.24, 2.45) is 10.8 Å². The number of hydrogen-bond acceptors (Lipinski definition) is 5. The first-order chi connectivity index (χ1) is 14.0. The normalized spacial score (nSPS) is 16.0. The average Bonchev–Trinajstić information content (AvgIpc) is 3.18. The number of phenols is 1. The average molecular weight is 407 g/mol. The maximum absolute atomic E-state index is 10.6. The quantitative estimate of drug-likeness (QED) is 0.638. The van der Waals surface area contributed by atoms with Gasteiger partial charge >= 0.3 is 0 Å². The van der Waals surface area contributed by atoms with Gasteiger partial charge in [-0.15, -0.1) is 0 Å². The van der Waals surface area contributed by atoms with E-state index in [0.29, 0.717) is 23.5 Å². The molecule has 0 radical (unpaired) electrons. The Kier molecular flexibility index (Phi) is 4.98. The number of fused-ring (bicyclic) bond motifs is 1. The molecule has 0 spiro atoms. The fourth-order valence-corrected chi connectivity index (χ4v) is 3.93. The molecule has 0 aliphatic carbocycles. The molecule has 0 saturated heterocycles. The molecule has 4 rings (SSSR count). The van der Waals surface area contributed by atoms with E-state index in [1.54, 1.807) is 25.3 Å². The Bertz CT molecular complexity index is 1130. The summed E-state index contributed by atoms with van der Waals surface area (Å²) in [4.78, 5) is 0. The van der Waals surface area contributed by atoms with Crippen LogP contribution in [0.1, 0.15) is 23.6 Å². The van der Waals surface area contributed by atoms with E-state index in [2.05, 4.69) is 5.10 Å². The van der Waals surface area contributed by atoms with Crippen molar-refractivity contribution in [3.63, 3.8) is 0 Å². The number of hydrazone groups is 1. The maximum atomic E-state index is 10.6. The minimum Gasteiger partial charge on any atom is -0.507 e. The zero-order valence-electron chi connectivity index (χ0n) is 16.1. The molecule has 3 aromatic rings. The van der Waals surface area contributed by atoms with Crippen molar-refractivity contribution in [1.29, 1.82) is 0 Å². The second-order valence-corrected chi connectivity index (χ2v) is 7.16. The molecule has 29 heavy (non-hydrogen) atoms. The number of rotatable bonds is 4. The van der Waals surface area contributed by atoms with Gasteiger partial charge in [0.2, 0.25) is 0 Å². The summed E-state index contributed by atoms with van der Waals surface area (Å²) < 4.78 is 10.9. The lowest BCUT2D eigenvalue weighted by molar-refractivity contribution is 0.345. The molecule has 6 nitrogen and oxygen atoms in total. The first-order valence-electron chi connectivity index (χ1n) is 9.12. The first kappa shape index (κ1) is 19.0. The summed E-state index contributed by atoms with van der Waals surface area (Å²) in [6.07, 6.45) is 0.515. The molecule has 148 valence electrons. The molecule has 1 atom stereocenters. The fourth-order valence-electron chi connectivity index (χ4n) is 3.76. The number of methoxy groups -OCH3 is 2. The Hall–Kier alpha value is -3.32. The molecule has 0 bridgehead atoms. The van der Waals surface area contributed by atoms with Gasteiger partial charge in [0.25, 0.3) is 0 Å². The van der Waals surface area contributed by atoms with Gasteiger partial charge in [-0.1, -0.05) is 30.3 Å². The summed E-state index contributed by atoms with van der Waals surface area (Å²) in [6.45, 7) is 0. The topological polar surface area (TPSA) is 80.3 Å². The van der Waals surface area contributed by atoms with Crippen molar-refractivity contribution in [1.82, 2.24) is 5.01 Å². The van der Waals surface area contributed by atoms with E-state index in [1.807, 2.05) is 48.5 Å². The van der Waals surface area contributed by atoms with Gasteiger partial charge in [-0.25, -0.2) is 5.01 Å². The number of aromatic hydroxyl groups is 1. The number of hydrogen-bond donors (Lipinski definition) is 2. The van der Waals surface area contributed by atoms with Crippen molar-refractivity contribution in [3.8, 4) is 17.2 Å². The van der Waals surface area contributed by atoms with Crippen molar-refractivity contribution in [2.75, 3.05) is 14.2 Å². The van der Waals surface area contributed by atoms with Crippen molar-refractivity contribution < 1.29 is 14.6 Å². The predicted octanol–water partition coefficient (Wildman–Crippen LogP) is 3.96. The second kappa shape index (κ2) is 7.60. The number of thiocarbonyl (C=S) groups is 1. The molecule has 0 saturated carbocycles.